The minimum absolute atomic E-state index is 0.157. The second-order valence-electron chi connectivity index (χ2n) is 3.26. The van der Waals surface area contributed by atoms with Crippen molar-refractivity contribution < 1.29 is 5.11 Å². The molecule has 0 saturated carbocycles. The number of aromatic amines is 1. The van der Waals surface area contributed by atoms with Gasteiger partial charge in [0.25, 0.3) is 5.56 Å². The Hall–Kier alpha value is -1.36. The normalized spacial score (nSPS) is 13.2. The smallest absolute Gasteiger partial charge is 0.254 e. The molecule has 1 aromatic rings. The topological polar surface area (TPSA) is 92.0 Å². The Morgan fingerprint density at radius 1 is 1.62 bits per heavy atom. The molecule has 72 valence electrons. The molecule has 0 aliphatic carbocycles. The molecule has 0 fully saturated rings. The van der Waals surface area contributed by atoms with Crippen molar-refractivity contribution in [2.24, 2.45) is 11.7 Å². The van der Waals surface area contributed by atoms with Crippen molar-refractivity contribution in [1.29, 1.82) is 0 Å². The fraction of sp³-hybridized carbons (Fsp3) is 0.500. The lowest BCUT2D eigenvalue weighted by molar-refractivity contribution is 0.431. The van der Waals surface area contributed by atoms with Gasteiger partial charge in [0.1, 0.15) is 5.82 Å². The van der Waals surface area contributed by atoms with E-state index < -0.39 is 5.56 Å². The molecule has 1 heterocycles. The van der Waals surface area contributed by atoms with Crippen LogP contribution in [0.5, 0.6) is 5.88 Å². The van der Waals surface area contributed by atoms with E-state index in [1.54, 1.807) is 0 Å². The molecule has 1 unspecified atom stereocenters. The van der Waals surface area contributed by atoms with E-state index in [9.17, 15) is 4.79 Å². The molecule has 0 aromatic carbocycles. The van der Waals surface area contributed by atoms with E-state index >= 15 is 0 Å². The summed E-state index contributed by atoms with van der Waals surface area (Å²) in [4.78, 5) is 17.1. The lowest BCUT2D eigenvalue weighted by Crippen LogP contribution is -2.22. The molecule has 0 aliphatic rings. The Morgan fingerprint density at radius 3 is 2.69 bits per heavy atom. The van der Waals surface area contributed by atoms with Crippen LogP contribution in [0.2, 0.25) is 0 Å². The van der Waals surface area contributed by atoms with Crippen molar-refractivity contribution in [3.63, 3.8) is 0 Å². The summed E-state index contributed by atoms with van der Waals surface area (Å²) in [7, 11) is 0. The predicted molar refractivity (Wildman–Crippen MR) is 48.3 cm³/mol. The first-order valence-electron chi connectivity index (χ1n) is 4.06. The van der Waals surface area contributed by atoms with Gasteiger partial charge in [-0.3, -0.25) is 4.79 Å². The third-order valence-electron chi connectivity index (χ3n) is 1.78. The van der Waals surface area contributed by atoms with Gasteiger partial charge in [-0.25, -0.2) is 0 Å². The third kappa shape index (κ3) is 2.29. The van der Waals surface area contributed by atoms with Crippen LogP contribution in [0.3, 0.4) is 0 Å². The van der Waals surface area contributed by atoms with Gasteiger partial charge in [-0.2, -0.15) is 4.98 Å². The molecule has 0 aliphatic heterocycles. The molecule has 1 atom stereocenters. The molecule has 0 spiro atoms. The van der Waals surface area contributed by atoms with Gasteiger partial charge in [-0.15, -0.1) is 0 Å². The van der Waals surface area contributed by atoms with Crippen molar-refractivity contribution in [1.82, 2.24) is 9.97 Å². The van der Waals surface area contributed by atoms with E-state index in [1.807, 2.05) is 13.8 Å². The molecule has 0 amide bonds. The van der Waals surface area contributed by atoms with Crippen molar-refractivity contribution >= 4 is 0 Å². The van der Waals surface area contributed by atoms with Gasteiger partial charge in [-0.1, -0.05) is 13.8 Å². The van der Waals surface area contributed by atoms with Crippen LogP contribution in [0.25, 0.3) is 0 Å². The van der Waals surface area contributed by atoms with E-state index in [0.29, 0.717) is 5.82 Å². The first kappa shape index (κ1) is 9.73. The molecule has 1 aromatic heterocycles. The number of nitrogens with one attached hydrogen (secondary N) is 1. The molecule has 13 heavy (non-hydrogen) atoms. The first-order chi connectivity index (χ1) is 6.00. The number of aromatic nitrogens is 2. The van der Waals surface area contributed by atoms with Gasteiger partial charge in [0.05, 0.1) is 12.1 Å². The summed E-state index contributed by atoms with van der Waals surface area (Å²) in [5.41, 5.74) is 5.34. The highest BCUT2D eigenvalue weighted by molar-refractivity contribution is 5.08. The zero-order valence-electron chi connectivity index (χ0n) is 7.61. The maximum atomic E-state index is 10.9. The third-order valence-corrected chi connectivity index (χ3v) is 1.78. The van der Waals surface area contributed by atoms with Crippen LogP contribution < -0.4 is 11.3 Å². The Balaban J connectivity index is 3.08. The molecule has 0 saturated heterocycles. The van der Waals surface area contributed by atoms with E-state index in [4.69, 9.17) is 10.8 Å². The number of nitrogens with zero attached hydrogens (tertiary/aromatic N) is 1. The lowest BCUT2D eigenvalue weighted by atomic mass is 10.1. The van der Waals surface area contributed by atoms with Gasteiger partial charge >= 0.3 is 0 Å². The molecule has 4 N–H and O–H groups in total. The minimum atomic E-state index is -0.390. The highest BCUT2D eigenvalue weighted by Gasteiger charge is 2.13. The lowest BCUT2D eigenvalue weighted by Gasteiger charge is -2.13. The quantitative estimate of drug-likeness (QED) is 0.607. The summed E-state index contributed by atoms with van der Waals surface area (Å²) in [6, 6.07) is 0.649. The Labute approximate surface area is 75.6 Å². The summed E-state index contributed by atoms with van der Waals surface area (Å²) < 4.78 is 0. The summed E-state index contributed by atoms with van der Waals surface area (Å²) in [6.07, 6.45) is 0. The Kier molecular flexibility index (Phi) is 2.67. The van der Waals surface area contributed by atoms with Crippen molar-refractivity contribution in [2.45, 2.75) is 19.9 Å². The minimum Gasteiger partial charge on any atom is -0.493 e. The van der Waals surface area contributed by atoms with Gasteiger partial charge in [-0.05, 0) is 5.92 Å². The van der Waals surface area contributed by atoms with Gasteiger partial charge in [0.15, 0.2) is 0 Å². The fourth-order valence-electron chi connectivity index (χ4n) is 0.937. The van der Waals surface area contributed by atoms with Gasteiger partial charge in [0.2, 0.25) is 5.88 Å². The first-order valence-corrected chi connectivity index (χ1v) is 4.06. The summed E-state index contributed by atoms with van der Waals surface area (Å²) in [6.45, 7) is 3.82. The zero-order chi connectivity index (χ0) is 10.0. The molecule has 5 heteroatoms. The second-order valence-corrected chi connectivity index (χ2v) is 3.26. The molecular weight excluding hydrogens is 170 g/mol. The fourth-order valence-corrected chi connectivity index (χ4v) is 0.937. The maximum absolute atomic E-state index is 10.9. The number of H-pyrrole nitrogens is 1. The average molecular weight is 183 g/mol. The number of rotatable bonds is 2. The van der Waals surface area contributed by atoms with Crippen molar-refractivity contribution in [2.75, 3.05) is 0 Å². The van der Waals surface area contributed by atoms with Crippen LogP contribution in [0.1, 0.15) is 25.7 Å². The van der Waals surface area contributed by atoms with E-state index in [2.05, 4.69) is 9.97 Å². The van der Waals surface area contributed by atoms with Crippen LogP contribution in [-0.4, -0.2) is 15.1 Å². The Bertz CT molecular complexity index is 345. The van der Waals surface area contributed by atoms with Crippen LogP contribution in [0, 0.1) is 5.92 Å². The standard InChI is InChI=1S/C8H13N3O2/c1-4(2)7(9)8-10-5(12)3-6(13)11-8/h3-4,7H,9H2,1-2H3,(H2,10,11,12,13). The van der Waals surface area contributed by atoms with Crippen LogP contribution in [-0.2, 0) is 0 Å². The van der Waals surface area contributed by atoms with E-state index in [-0.39, 0.29) is 17.8 Å². The van der Waals surface area contributed by atoms with Gasteiger partial charge in [0, 0.05) is 0 Å². The highest BCUT2D eigenvalue weighted by Crippen LogP contribution is 2.14. The predicted octanol–water partition coefficient (Wildman–Crippen LogP) is 0.131. The molecule has 0 radical (unpaired) electrons. The molecule has 0 bridgehead atoms. The zero-order valence-corrected chi connectivity index (χ0v) is 7.61. The molecule has 1 rings (SSSR count). The van der Waals surface area contributed by atoms with Crippen molar-refractivity contribution in [3.05, 3.63) is 22.2 Å². The Morgan fingerprint density at radius 2 is 2.23 bits per heavy atom. The van der Waals surface area contributed by atoms with E-state index in [0.717, 1.165) is 6.07 Å². The largest absolute Gasteiger partial charge is 0.493 e. The molecule has 5 nitrogen and oxygen atoms in total. The summed E-state index contributed by atoms with van der Waals surface area (Å²) in [5.74, 6) is 0.180. The van der Waals surface area contributed by atoms with Gasteiger partial charge < -0.3 is 15.8 Å². The SMILES string of the molecule is CC(C)C(N)c1nc(O)cc(=O)[nH]1. The average Bonchev–Trinajstić information content (AvgIpc) is 2.01. The number of nitrogens with two attached hydrogens (primary N) is 1. The van der Waals surface area contributed by atoms with E-state index in [1.165, 1.54) is 0 Å². The second kappa shape index (κ2) is 3.57. The highest BCUT2D eigenvalue weighted by atomic mass is 16.3. The van der Waals surface area contributed by atoms with Crippen molar-refractivity contribution in [3.8, 4) is 5.88 Å². The molecular formula is C8H13N3O2. The van der Waals surface area contributed by atoms with Crippen LogP contribution in [0.15, 0.2) is 10.9 Å². The maximum Gasteiger partial charge on any atom is 0.254 e. The van der Waals surface area contributed by atoms with Crippen LogP contribution >= 0.6 is 0 Å². The summed E-state index contributed by atoms with van der Waals surface area (Å²) >= 11 is 0. The monoisotopic (exact) mass is 183 g/mol. The summed E-state index contributed by atoms with van der Waals surface area (Å²) in [5, 5.41) is 9.04. The number of hydrogen-bond donors (Lipinski definition) is 3. The van der Waals surface area contributed by atoms with Crippen LogP contribution in [0.4, 0.5) is 0 Å². The number of hydrogen-bond acceptors (Lipinski definition) is 4. The number of aromatic hydroxyl groups is 1.